The lowest BCUT2D eigenvalue weighted by Gasteiger charge is -2.28. The van der Waals surface area contributed by atoms with Crippen LogP contribution in [0.2, 0.25) is 0 Å². The molecular weight excluding hydrogens is 408 g/mol. The highest BCUT2D eigenvalue weighted by molar-refractivity contribution is 6.24. The highest BCUT2D eigenvalue weighted by Gasteiger charge is 2.45. The Hall–Kier alpha value is -3.36. The average Bonchev–Trinajstić information content (AvgIpc) is 3.05. The molecule has 4 amide bonds. The summed E-state index contributed by atoms with van der Waals surface area (Å²) in [6.45, 7) is 2.90. The number of carbonyl (C=O) groups is 4. The SMILES string of the molecule is O=C1CCC(N2C(=O)c3cccc(CNCC4CNCc5ccccc54)c3C2=O)C(=O)N1. The van der Waals surface area contributed by atoms with Gasteiger partial charge in [0.05, 0.1) is 11.1 Å². The van der Waals surface area contributed by atoms with E-state index in [4.69, 9.17) is 0 Å². The first-order valence-corrected chi connectivity index (χ1v) is 10.9. The normalized spacial score (nSPS) is 22.6. The van der Waals surface area contributed by atoms with Crippen molar-refractivity contribution in [2.75, 3.05) is 13.1 Å². The predicted molar refractivity (Wildman–Crippen MR) is 116 cm³/mol. The number of rotatable bonds is 5. The fourth-order valence-corrected chi connectivity index (χ4v) is 4.88. The molecule has 0 saturated carbocycles. The van der Waals surface area contributed by atoms with Crippen LogP contribution in [0.1, 0.15) is 56.2 Å². The van der Waals surface area contributed by atoms with E-state index in [1.165, 1.54) is 11.1 Å². The first kappa shape index (κ1) is 20.5. The summed E-state index contributed by atoms with van der Waals surface area (Å²) in [7, 11) is 0. The Labute approximate surface area is 185 Å². The van der Waals surface area contributed by atoms with E-state index < -0.39 is 23.8 Å². The van der Waals surface area contributed by atoms with Crippen molar-refractivity contribution in [3.05, 3.63) is 70.3 Å². The zero-order valence-corrected chi connectivity index (χ0v) is 17.5. The Morgan fingerprint density at radius 1 is 1.00 bits per heavy atom. The van der Waals surface area contributed by atoms with E-state index in [1.54, 1.807) is 12.1 Å². The smallest absolute Gasteiger partial charge is 0.262 e. The maximum Gasteiger partial charge on any atom is 0.262 e. The summed E-state index contributed by atoms with van der Waals surface area (Å²) in [6, 6.07) is 12.6. The molecule has 3 heterocycles. The van der Waals surface area contributed by atoms with E-state index in [-0.39, 0.29) is 18.7 Å². The second-order valence-electron chi connectivity index (χ2n) is 8.44. The summed E-state index contributed by atoms with van der Waals surface area (Å²) in [5, 5.41) is 9.10. The topological polar surface area (TPSA) is 108 Å². The first-order valence-electron chi connectivity index (χ1n) is 10.9. The van der Waals surface area contributed by atoms with E-state index in [9.17, 15) is 19.2 Å². The van der Waals surface area contributed by atoms with Crippen molar-refractivity contribution >= 4 is 23.6 Å². The number of nitrogens with one attached hydrogen (secondary N) is 3. The highest BCUT2D eigenvalue weighted by atomic mass is 16.2. The molecule has 3 aliphatic rings. The van der Waals surface area contributed by atoms with Gasteiger partial charge in [-0.3, -0.25) is 29.4 Å². The molecule has 1 saturated heterocycles. The van der Waals surface area contributed by atoms with Crippen LogP contribution in [0.3, 0.4) is 0 Å². The van der Waals surface area contributed by atoms with E-state index in [0.717, 1.165) is 30.1 Å². The summed E-state index contributed by atoms with van der Waals surface area (Å²) in [5.74, 6) is -1.62. The molecule has 3 aliphatic heterocycles. The van der Waals surface area contributed by atoms with Crippen LogP contribution in [-0.4, -0.2) is 47.7 Å². The molecule has 2 atom stereocenters. The Kier molecular flexibility index (Phi) is 5.32. The summed E-state index contributed by atoms with van der Waals surface area (Å²) in [5.41, 5.74) is 4.01. The maximum absolute atomic E-state index is 13.2. The monoisotopic (exact) mass is 432 g/mol. The minimum Gasteiger partial charge on any atom is -0.312 e. The van der Waals surface area contributed by atoms with Gasteiger partial charge in [-0.2, -0.15) is 0 Å². The number of benzene rings is 2. The van der Waals surface area contributed by atoms with Crippen LogP contribution in [0.25, 0.3) is 0 Å². The molecule has 2 unspecified atom stereocenters. The standard InChI is InChI=1S/C24H24N4O4/c29-20-9-8-19(22(30)27-20)28-23(31)18-7-3-5-15(21(18)24(28)32)11-26-13-16-12-25-10-14-4-1-2-6-17(14)16/h1-7,16,19,25-26H,8-13H2,(H,27,29,30). The third-order valence-electron chi connectivity index (χ3n) is 6.46. The highest BCUT2D eigenvalue weighted by Crippen LogP contribution is 2.30. The molecule has 0 spiro atoms. The molecule has 164 valence electrons. The fraction of sp³-hybridized carbons (Fsp3) is 0.333. The Balaban J connectivity index is 1.32. The largest absolute Gasteiger partial charge is 0.312 e. The van der Waals surface area contributed by atoms with Crippen LogP contribution in [0, 0.1) is 0 Å². The average molecular weight is 432 g/mol. The second-order valence-corrected chi connectivity index (χ2v) is 8.44. The molecule has 8 heteroatoms. The molecule has 0 bridgehead atoms. The van der Waals surface area contributed by atoms with Gasteiger partial charge < -0.3 is 10.6 Å². The Bertz CT molecular complexity index is 1130. The van der Waals surface area contributed by atoms with Crippen molar-refractivity contribution in [2.24, 2.45) is 0 Å². The number of imide groups is 2. The number of fused-ring (bicyclic) bond motifs is 2. The second kappa shape index (κ2) is 8.29. The molecule has 0 aromatic heterocycles. The van der Waals surface area contributed by atoms with Crippen molar-refractivity contribution in [2.45, 2.75) is 37.9 Å². The number of piperidine rings is 1. The van der Waals surface area contributed by atoms with Crippen molar-refractivity contribution in [1.29, 1.82) is 0 Å². The van der Waals surface area contributed by atoms with Gasteiger partial charge >= 0.3 is 0 Å². The van der Waals surface area contributed by atoms with E-state index >= 15 is 0 Å². The Morgan fingerprint density at radius 2 is 1.84 bits per heavy atom. The van der Waals surface area contributed by atoms with Gasteiger partial charge in [-0.1, -0.05) is 36.4 Å². The lowest BCUT2D eigenvalue weighted by Crippen LogP contribution is -2.54. The van der Waals surface area contributed by atoms with Gasteiger partial charge in [-0.15, -0.1) is 0 Å². The summed E-state index contributed by atoms with van der Waals surface area (Å²) >= 11 is 0. The van der Waals surface area contributed by atoms with Crippen molar-refractivity contribution < 1.29 is 19.2 Å². The summed E-state index contributed by atoms with van der Waals surface area (Å²) < 4.78 is 0. The van der Waals surface area contributed by atoms with Gasteiger partial charge in [-0.05, 0) is 29.2 Å². The summed E-state index contributed by atoms with van der Waals surface area (Å²) in [6.07, 6.45) is 0.257. The molecule has 2 aromatic carbocycles. The number of nitrogens with zero attached hydrogens (tertiary/aromatic N) is 1. The van der Waals surface area contributed by atoms with Crippen LogP contribution in [-0.2, 0) is 22.7 Å². The maximum atomic E-state index is 13.2. The van der Waals surface area contributed by atoms with Crippen LogP contribution in [0.15, 0.2) is 42.5 Å². The van der Waals surface area contributed by atoms with Gasteiger partial charge in [0.25, 0.3) is 11.8 Å². The Morgan fingerprint density at radius 3 is 2.69 bits per heavy atom. The molecule has 0 aliphatic carbocycles. The predicted octanol–water partition coefficient (Wildman–Crippen LogP) is 1.06. The first-order chi connectivity index (χ1) is 15.5. The van der Waals surface area contributed by atoms with Crippen molar-refractivity contribution in [3.63, 3.8) is 0 Å². The third-order valence-corrected chi connectivity index (χ3v) is 6.46. The van der Waals surface area contributed by atoms with Crippen LogP contribution < -0.4 is 16.0 Å². The number of hydrogen-bond acceptors (Lipinski definition) is 6. The van der Waals surface area contributed by atoms with E-state index in [2.05, 4.69) is 34.1 Å². The van der Waals surface area contributed by atoms with Crippen LogP contribution in [0.4, 0.5) is 0 Å². The van der Waals surface area contributed by atoms with Crippen LogP contribution >= 0.6 is 0 Å². The molecular formula is C24H24N4O4. The zero-order valence-electron chi connectivity index (χ0n) is 17.5. The van der Waals surface area contributed by atoms with Gasteiger partial charge in [0.2, 0.25) is 11.8 Å². The number of hydrogen-bond donors (Lipinski definition) is 3. The summed E-state index contributed by atoms with van der Waals surface area (Å²) in [4.78, 5) is 50.9. The van der Waals surface area contributed by atoms with Crippen LogP contribution in [0.5, 0.6) is 0 Å². The van der Waals surface area contributed by atoms with Gasteiger partial charge in [0.1, 0.15) is 6.04 Å². The van der Waals surface area contributed by atoms with E-state index in [0.29, 0.717) is 23.6 Å². The van der Waals surface area contributed by atoms with Gasteiger partial charge in [0, 0.05) is 38.5 Å². The molecule has 8 nitrogen and oxygen atoms in total. The van der Waals surface area contributed by atoms with E-state index in [1.807, 2.05) is 12.1 Å². The van der Waals surface area contributed by atoms with Crippen molar-refractivity contribution in [3.8, 4) is 0 Å². The number of carbonyl (C=O) groups excluding carboxylic acids is 4. The zero-order chi connectivity index (χ0) is 22.2. The van der Waals surface area contributed by atoms with Gasteiger partial charge in [0.15, 0.2) is 0 Å². The number of amides is 4. The molecule has 3 N–H and O–H groups in total. The minimum atomic E-state index is -0.953. The molecule has 2 aromatic rings. The third kappa shape index (κ3) is 3.51. The fourth-order valence-electron chi connectivity index (χ4n) is 4.88. The van der Waals surface area contributed by atoms with Gasteiger partial charge in [-0.25, -0.2) is 0 Å². The molecule has 32 heavy (non-hydrogen) atoms. The quantitative estimate of drug-likeness (QED) is 0.610. The molecule has 0 radical (unpaired) electrons. The molecule has 5 rings (SSSR count). The van der Waals surface area contributed by atoms with Crippen molar-refractivity contribution in [1.82, 2.24) is 20.9 Å². The lowest BCUT2D eigenvalue weighted by molar-refractivity contribution is -0.136. The lowest BCUT2D eigenvalue weighted by atomic mass is 9.91. The minimum absolute atomic E-state index is 0.106. The molecule has 1 fully saturated rings.